The summed E-state index contributed by atoms with van der Waals surface area (Å²) in [5.74, 6) is 1.68. The van der Waals surface area contributed by atoms with E-state index in [0.717, 1.165) is 5.56 Å². The predicted octanol–water partition coefficient (Wildman–Crippen LogP) is 3.77. The van der Waals surface area contributed by atoms with E-state index >= 15 is 0 Å². The fourth-order valence-electron chi connectivity index (χ4n) is 2.19. The molecule has 0 radical (unpaired) electrons. The molecule has 0 heterocycles. The van der Waals surface area contributed by atoms with Crippen molar-refractivity contribution < 1.29 is 23.9 Å². The first-order valence-electron chi connectivity index (χ1n) is 7.39. The highest BCUT2D eigenvalue weighted by Crippen LogP contribution is 2.30. The van der Waals surface area contributed by atoms with E-state index in [4.69, 9.17) is 18.9 Å². The number of nitrogens with zero attached hydrogens (tertiary/aromatic N) is 1. The molecule has 7 heteroatoms. The second-order valence-electron chi connectivity index (χ2n) is 4.98. The Morgan fingerprint density at radius 1 is 1.00 bits per heavy atom. The number of benzene rings is 2. The Morgan fingerprint density at radius 2 is 1.76 bits per heavy atom. The number of nitro groups is 1. The highest BCUT2D eigenvalue weighted by atomic mass is 16.7. The Bertz CT molecular complexity index is 772. The number of hydrogen-bond acceptors (Lipinski definition) is 6. The van der Waals surface area contributed by atoms with Gasteiger partial charge in [-0.15, -0.1) is 0 Å². The molecule has 2 aromatic rings. The lowest BCUT2D eigenvalue weighted by molar-refractivity contribution is -0.385. The summed E-state index contributed by atoms with van der Waals surface area (Å²) in [5.41, 5.74) is 1.23. The molecule has 2 rings (SSSR count). The molecule has 2 aromatic carbocycles. The lowest BCUT2D eigenvalue weighted by atomic mass is 10.1. The highest BCUT2D eigenvalue weighted by Gasteiger charge is 2.12. The van der Waals surface area contributed by atoms with Crippen LogP contribution in [0.1, 0.15) is 11.1 Å². The van der Waals surface area contributed by atoms with Crippen molar-refractivity contribution in [1.29, 1.82) is 0 Å². The van der Waals surface area contributed by atoms with Gasteiger partial charge >= 0.3 is 0 Å². The van der Waals surface area contributed by atoms with Crippen LogP contribution < -0.4 is 14.2 Å². The van der Waals surface area contributed by atoms with Crippen LogP contribution in [0.15, 0.2) is 36.4 Å². The van der Waals surface area contributed by atoms with Crippen molar-refractivity contribution in [3.05, 3.63) is 57.6 Å². The number of nitro benzene ring substituents is 1. The van der Waals surface area contributed by atoms with Crippen molar-refractivity contribution in [1.82, 2.24) is 0 Å². The quantitative estimate of drug-likeness (QED) is 0.314. The lowest BCUT2D eigenvalue weighted by Gasteiger charge is -2.08. The number of rotatable bonds is 8. The maximum atomic E-state index is 11.2. The van der Waals surface area contributed by atoms with Gasteiger partial charge in [-0.2, -0.15) is 0 Å². The van der Waals surface area contributed by atoms with Gasteiger partial charge in [-0.05, 0) is 35.9 Å². The Morgan fingerprint density at radius 3 is 2.40 bits per heavy atom. The zero-order chi connectivity index (χ0) is 18.2. The van der Waals surface area contributed by atoms with Crippen molar-refractivity contribution in [2.75, 3.05) is 28.1 Å². The Labute approximate surface area is 145 Å². The van der Waals surface area contributed by atoms with E-state index in [1.807, 2.05) is 6.07 Å². The van der Waals surface area contributed by atoms with Gasteiger partial charge in [-0.25, -0.2) is 0 Å². The monoisotopic (exact) mass is 345 g/mol. The number of methoxy groups -OCH3 is 3. The zero-order valence-electron chi connectivity index (χ0n) is 14.2. The number of hydrogen-bond donors (Lipinski definition) is 0. The summed E-state index contributed by atoms with van der Waals surface area (Å²) in [7, 11) is 4.61. The van der Waals surface area contributed by atoms with Crippen molar-refractivity contribution >= 4 is 17.8 Å². The summed E-state index contributed by atoms with van der Waals surface area (Å²) in [6, 6.07) is 9.91. The standard InChI is InChI=1S/C18H19NO6/c1-22-12-25-15-7-8-16(19(20)21)14(11-15)6-4-13-5-9-17(23-2)18(10-13)24-3/h4-11H,12H2,1-3H3/b6-4+. The van der Waals surface area contributed by atoms with Crippen LogP contribution in [-0.4, -0.2) is 33.0 Å². The smallest absolute Gasteiger partial charge is 0.276 e. The topological polar surface area (TPSA) is 80.1 Å². The summed E-state index contributed by atoms with van der Waals surface area (Å²) in [6.07, 6.45) is 3.41. The van der Waals surface area contributed by atoms with Gasteiger partial charge in [0.05, 0.1) is 24.7 Å². The average molecular weight is 345 g/mol. The van der Waals surface area contributed by atoms with Crippen LogP contribution in [0.4, 0.5) is 5.69 Å². The molecule has 25 heavy (non-hydrogen) atoms. The van der Waals surface area contributed by atoms with Gasteiger partial charge in [-0.1, -0.05) is 12.1 Å². The van der Waals surface area contributed by atoms with Crippen LogP contribution in [0.25, 0.3) is 12.2 Å². The molecule has 0 fully saturated rings. The molecular formula is C18H19NO6. The van der Waals surface area contributed by atoms with Crippen LogP contribution in [0.5, 0.6) is 17.2 Å². The maximum Gasteiger partial charge on any atom is 0.276 e. The van der Waals surface area contributed by atoms with Crippen molar-refractivity contribution in [3.8, 4) is 17.2 Å². The SMILES string of the molecule is COCOc1ccc([N+](=O)[O-])c(/C=C/c2ccc(OC)c(OC)c2)c1. The predicted molar refractivity (Wildman–Crippen MR) is 94.1 cm³/mol. The number of ether oxygens (including phenoxy) is 4. The molecule has 0 aliphatic heterocycles. The normalized spacial score (nSPS) is 10.7. The van der Waals surface area contributed by atoms with Gasteiger partial charge in [-0.3, -0.25) is 10.1 Å². The molecule has 0 saturated heterocycles. The maximum absolute atomic E-state index is 11.2. The van der Waals surface area contributed by atoms with E-state index < -0.39 is 4.92 Å². The highest BCUT2D eigenvalue weighted by molar-refractivity contribution is 5.75. The van der Waals surface area contributed by atoms with Crippen molar-refractivity contribution in [2.24, 2.45) is 0 Å². The molecule has 132 valence electrons. The van der Waals surface area contributed by atoms with Crippen LogP contribution in [-0.2, 0) is 4.74 Å². The third kappa shape index (κ3) is 4.71. The van der Waals surface area contributed by atoms with Crippen molar-refractivity contribution in [2.45, 2.75) is 0 Å². The Balaban J connectivity index is 2.33. The summed E-state index contributed by atoms with van der Waals surface area (Å²) < 4.78 is 20.6. The van der Waals surface area contributed by atoms with Gasteiger partial charge in [0, 0.05) is 13.2 Å². The summed E-state index contributed by atoms with van der Waals surface area (Å²) in [5, 5.41) is 11.2. The van der Waals surface area contributed by atoms with E-state index in [1.54, 1.807) is 44.6 Å². The van der Waals surface area contributed by atoms with Crippen molar-refractivity contribution in [3.63, 3.8) is 0 Å². The van der Waals surface area contributed by atoms with E-state index in [9.17, 15) is 10.1 Å². The van der Waals surface area contributed by atoms with Crippen LogP contribution >= 0.6 is 0 Å². The van der Waals surface area contributed by atoms with Crippen LogP contribution in [0.2, 0.25) is 0 Å². The average Bonchev–Trinajstić information content (AvgIpc) is 2.64. The first-order valence-corrected chi connectivity index (χ1v) is 7.39. The minimum absolute atomic E-state index is 0.0125. The molecule has 0 atom stereocenters. The largest absolute Gasteiger partial charge is 0.493 e. The summed E-state index contributed by atoms with van der Waals surface area (Å²) in [6.45, 7) is 0.0661. The van der Waals surface area contributed by atoms with Crippen LogP contribution in [0.3, 0.4) is 0 Å². The van der Waals surface area contributed by atoms with Gasteiger partial charge in [0.1, 0.15) is 5.75 Å². The van der Waals surface area contributed by atoms with Crippen LogP contribution in [0, 0.1) is 10.1 Å². The molecule has 0 saturated carbocycles. The Hall–Kier alpha value is -3.06. The molecule has 0 aliphatic carbocycles. The van der Waals surface area contributed by atoms with Gasteiger partial charge < -0.3 is 18.9 Å². The van der Waals surface area contributed by atoms with Gasteiger partial charge in [0.2, 0.25) is 0 Å². The van der Waals surface area contributed by atoms with E-state index in [2.05, 4.69) is 0 Å². The third-order valence-electron chi connectivity index (χ3n) is 3.40. The summed E-state index contributed by atoms with van der Waals surface area (Å²) >= 11 is 0. The van der Waals surface area contributed by atoms with E-state index in [0.29, 0.717) is 22.8 Å². The molecule has 0 amide bonds. The molecule has 0 bridgehead atoms. The summed E-state index contributed by atoms with van der Waals surface area (Å²) in [4.78, 5) is 10.8. The molecule has 7 nitrogen and oxygen atoms in total. The molecule has 0 aliphatic rings. The first kappa shape index (κ1) is 18.3. The second kappa shape index (κ2) is 8.70. The molecule has 0 aromatic heterocycles. The molecule has 0 N–H and O–H groups in total. The zero-order valence-corrected chi connectivity index (χ0v) is 14.2. The minimum atomic E-state index is -0.436. The molecule has 0 spiro atoms. The third-order valence-corrected chi connectivity index (χ3v) is 3.40. The second-order valence-corrected chi connectivity index (χ2v) is 4.98. The van der Waals surface area contributed by atoms with Gasteiger partial charge in [0.25, 0.3) is 5.69 Å². The minimum Gasteiger partial charge on any atom is -0.493 e. The molecular weight excluding hydrogens is 326 g/mol. The van der Waals surface area contributed by atoms with E-state index in [1.165, 1.54) is 19.2 Å². The van der Waals surface area contributed by atoms with Gasteiger partial charge in [0.15, 0.2) is 18.3 Å². The first-order chi connectivity index (χ1) is 12.1. The van der Waals surface area contributed by atoms with E-state index in [-0.39, 0.29) is 12.5 Å². The Kier molecular flexibility index (Phi) is 6.36. The lowest BCUT2D eigenvalue weighted by Crippen LogP contribution is -2.00. The fourth-order valence-corrected chi connectivity index (χ4v) is 2.19. The fraction of sp³-hybridized carbons (Fsp3) is 0.222. The molecule has 0 unspecified atom stereocenters.